The summed E-state index contributed by atoms with van der Waals surface area (Å²) in [6, 6.07) is 9.53. The van der Waals surface area contributed by atoms with E-state index < -0.39 is 11.3 Å². The molecule has 0 radical (unpaired) electrons. The largest absolute Gasteiger partial charge is 0.378 e. The summed E-state index contributed by atoms with van der Waals surface area (Å²) in [5, 5.41) is 23.7. The summed E-state index contributed by atoms with van der Waals surface area (Å²) >= 11 is 0. The first kappa shape index (κ1) is 15.8. The molecule has 3 N–H and O–H groups in total. The van der Waals surface area contributed by atoms with E-state index >= 15 is 0 Å². The highest BCUT2D eigenvalue weighted by atomic mass is 16.4. The van der Waals surface area contributed by atoms with Gasteiger partial charge in [0, 0.05) is 13.0 Å². The van der Waals surface area contributed by atoms with Gasteiger partial charge < -0.3 is 10.2 Å². The van der Waals surface area contributed by atoms with Gasteiger partial charge in [-0.1, -0.05) is 44.2 Å². The molecule has 0 fully saturated rings. The fourth-order valence-electron chi connectivity index (χ4n) is 2.12. The van der Waals surface area contributed by atoms with Crippen LogP contribution in [0.3, 0.4) is 0 Å². The summed E-state index contributed by atoms with van der Waals surface area (Å²) in [5.74, 6) is -0.361. The van der Waals surface area contributed by atoms with Crippen LogP contribution in [0.25, 0.3) is 0 Å². The number of carbonyl (C=O) groups excluding carboxylic acids is 1. The molecule has 1 aromatic carbocycles. The lowest BCUT2D eigenvalue weighted by Crippen LogP contribution is -2.64. The third-order valence-electron chi connectivity index (χ3n) is 3.58. The lowest BCUT2D eigenvalue weighted by Gasteiger charge is -2.40. The van der Waals surface area contributed by atoms with Crippen LogP contribution in [0.4, 0.5) is 0 Å². The number of ketones is 1. The van der Waals surface area contributed by atoms with E-state index in [2.05, 4.69) is 5.32 Å². The molecule has 0 heterocycles. The fourth-order valence-corrected chi connectivity index (χ4v) is 2.12. The monoisotopic (exact) mass is 265 g/mol. The van der Waals surface area contributed by atoms with Crippen LogP contribution in [0.2, 0.25) is 0 Å². The zero-order valence-electron chi connectivity index (χ0n) is 11.8. The van der Waals surface area contributed by atoms with E-state index in [0.29, 0.717) is 6.54 Å². The Labute approximate surface area is 114 Å². The predicted molar refractivity (Wildman–Crippen MR) is 74.4 cm³/mol. The molecule has 1 rings (SSSR count). The van der Waals surface area contributed by atoms with E-state index in [0.717, 1.165) is 5.56 Å². The molecule has 19 heavy (non-hydrogen) atoms. The molecule has 4 heteroatoms. The van der Waals surface area contributed by atoms with E-state index in [4.69, 9.17) is 0 Å². The van der Waals surface area contributed by atoms with Crippen molar-refractivity contribution < 1.29 is 15.0 Å². The van der Waals surface area contributed by atoms with Gasteiger partial charge in [-0.3, -0.25) is 10.1 Å². The highest BCUT2D eigenvalue weighted by Crippen LogP contribution is 2.26. The standard InChI is InChI=1S/C15H23NO3/c1-4-13(17)15(19,5-2)14(3,18)16-11-12-9-7-6-8-10-12/h6-10,16,18-19H,4-5,11H2,1-3H3. The average Bonchev–Trinajstić information content (AvgIpc) is 2.44. The number of rotatable bonds is 7. The number of benzene rings is 1. The molecular formula is C15H23NO3. The Morgan fingerprint density at radius 1 is 1.21 bits per heavy atom. The van der Waals surface area contributed by atoms with E-state index in [1.54, 1.807) is 13.8 Å². The van der Waals surface area contributed by atoms with E-state index in [9.17, 15) is 15.0 Å². The van der Waals surface area contributed by atoms with Crippen molar-refractivity contribution in [1.82, 2.24) is 5.32 Å². The molecule has 0 saturated carbocycles. The van der Waals surface area contributed by atoms with Gasteiger partial charge in [0.2, 0.25) is 0 Å². The highest BCUT2D eigenvalue weighted by molar-refractivity contribution is 5.88. The van der Waals surface area contributed by atoms with Crippen LogP contribution in [0.15, 0.2) is 30.3 Å². The molecule has 0 bridgehead atoms. The van der Waals surface area contributed by atoms with Gasteiger partial charge in [0.05, 0.1) is 0 Å². The fraction of sp³-hybridized carbons (Fsp3) is 0.533. The molecule has 0 amide bonds. The Morgan fingerprint density at radius 3 is 2.26 bits per heavy atom. The lowest BCUT2D eigenvalue weighted by molar-refractivity contribution is -0.179. The summed E-state index contributed by atoms with van der Waals surface area (Å²) < 4.78 is 0. The van der Waals surface area contributed by atoms with Crippen LogP contribution in [0.1, 0.15) is 39.2 Å². The summed E-state index contributed by atoms with van der Waals surface area (Å²) in [6.07, 6.45) is 0.349. The summed E-state index contributed by atoms with van der Waals surface area (Å²) in [4.78, 5) is 11.9. The van der Waals surface area contributed by atoms with Crippen LogP contribution < -0.4 is 5.32 Å². The zero-order chi connectivity index (χ0) is 14.5. The average molecular weight is 265 g/mol. The number of hydrogen-bond acceptors (Lipinski definition) is 4. The van der Waals surface area contributed by atoms with Crippen LogP contribution in [0.5, 0.6) is 0 Å². The number of carbonyl (C=O) groups is 1. The molecule has 2 unspecified atom stereocenters. The number of aliphatic hydroxyl groups is 2. The second-order valence-electron chi connectivity index (χ2n) is 4.90. The Kier molecular flexibility index (Phi) is 5.23. The molecule has 0 spiro atoms. The summed E-state index contributed by atoms with van der Waals surface area (Å²) in [5.41, 5.74) is -2.45. The van der Waals surface area contributed by atoms with E-state index in [1.807, 2.05) is 30.3 Å². The Balaban J connectivity index is 2.81. The quantitative estimate of drug-likeness (QED) is 0.655. The van der Waals surface area contributed by atoms with Gasteiger partial charge in [-0.15, -0.1) is 0 Å². The molecule has 1 aromatic rings. The normalized spacial score (nSPS) is 17.5. The van der Waals surface area contributed by atoms with Gasteiger partial charge in [-0.2, -0.15) is 0 Å². The number of Topliss-reactive ketones (excluding diaryl/α,β-unsaturated/α-hetero) is 1. The molecule has 0 aliphatic heterocycles. The number of nitrogens with one attached hydrogen (secondary N) is 1. The van der Waals surface area contributed by atoms with Gasteiger partial charge in [0.15, 0.2) is 11.4 Å². The first-order chi connectivity index (χ1) is 8.87. The predicted octanol–water partition coefficient (Wildman–Crippen LogP) is 1.60. The van der Waals surface area contributed by atoms with Crippen molar-refractivity contribution in [2.45, 2.75) is 51.5 Å². The van der Waals surface area contributed by atoms with E-state index in [-0.39, 0.29) is 18.6 Å². The van der Waals surface area contributed by atoms with Gasteiger partial charge in [-0.05, 0) is 18.9 Å². The minimum atomic E-state index is -1.77. The van der Waals surface area contributed by atoms with Crippen molar-refractivity contribution in [1.29, 1.82) is 0 Å². The maximum atomic E-state index is 11.9. The highest BCUT2D eigenvalue weighted by Gasteiger charge is 2.49. The van der Waals surface area contributed by atoms with Crippen molar-refractivity contribution in [2.24, 2.45) is 0 Å². The maximum absolute atomic E-state index is 11.9. The van der Waals surface area contributed by atoms with Gasteiger partial charge in [0.1, 0.15) is 5.72 Å². The van der Waals surface area contributed by atoms with Gasteiger partial charge in [-0.25, -0.2) is 0 Å². The molecule has 0 aromatic heterocycles. The molecule has 4 nitrogen and oxygen atoms in total. The van der Waals surface area contributed by atoms with Crippen LogP contribution in [-0.2, 0) is 11.3 Å². The van der Waals surface area contributed by atoms with Crippen molar-refractivity contribution in [2.75, 3.05) is 0 Å². The first-order valence-corrected chi connectivity index (χ1v) is 6.64. The lowest BCUT2D eigenvalue weighted by atomic mass is 9.83. The summed E-state index contributed by atoms with van der Waals surface area (Å²) in [7, 11) is 0. The molecule has 2 atom stereocenters. The Hall–Kier alpha value is -1.23. The second kappa shape index (κ2) is 6.28. The molecule has 0 aliphatic rings. The first-order valence-electron chi connectivity index (χ1n) is 6.64. The Morgan fingerprint density at radius 2 is 1.79 bits per heavy atom. The van der Waals surface area contributed by atoms with Crippen molar-refractivity contribution in [3.8, 4) is 0 Å². The third-order valence-corrected chi connectivity index (χ3v) is 3.58. The topological polar surface area (TPSA) is 69.6 Å². The van der Waals surface area contributed by atoms with Gasteiger partial charge >= 0.3 is 0 Å². The van der Waals surface area contributed by atoms with Crippen molar-refractivity contribution >= 4 is 5.78 Å². The summed E-state index contributed by atoms with van der Waals surface area (Å²) in [6.45, 7) is 5.18. The van der Waals surface area contributed by atoms with Crippen LogP contribution in [0, 0.1) is 0 Å². The number of hydrogen-bond donors (Lipinski definition) is 3. The molecule has 106 valence electrons. The van der Waals surface area contributed by atoms with E-state index in [1.165, 1.54) is 6.92 Å². The van der Waals surface area contributed by atoms with Crippen LogP contribution >= 0.6 is 0 Å². The molecular weight excluding hydrogens is 242 g/mol. The maximum Gasteiger partial charge on any atom is 0.168 e. The van der Waals surface area contributed by atoms with Crippen LogP contribution in [-0.4, -0.2) is 27.3 Å². The Bertz CT molecular complexity index is 417. The molecule has 0 aliphatic carbocycles. The molecule has 0 saturated heterocycles. The van der Waals surface area contributed by atoms with Crippen molar-refractivity contribution in [3.63, 3.8) is 0 Å². The SMILES string of the molecule is CCC(=O)C(O)(CC)C(C)(O)NCc1ccccc1. The minimum absolute atomic E-state index is 0.161. The second-order valence-corrected chi connectivity index (χ2v) is 4.90. The smallest absolute Gasteiger partial charge is 0.168 e. The minimum Gasteiger partial charge on any atom is -0.378 e. The zero-order valence-corrected chi connectivity index (χ0v) is 11.8. The van der Waals surface area contributed by atoms with Crippen molar-refractivity contribution in [3.05, 3.63) is 35.9 Å². The van der Waals surface area contributed by atoms with Gasteiger partial charge in [0.25, 0.3) is 0 Å². The third kappa shape index (κ3) is 3.41.